The molecule has 0 spiro atoms. The van der Waals surface area contributed by atoms with Crippen LogP contribution in [-0.2, 0) is 4.79 Å². The third-order valence-corrected chi connectivity index (χ3v) is 8.26. The van der Waals surface area contributed by atoms with Crippen molar-refractivity contribution in [2.24, 2.45) is 4.99 Å². The van der Waals surface area contributed by atoms with Crippen molar-refractivity contribution in [3.63, 3.8) is 0 Å². The van der Waals surface area contributed by atoms with Crippen LogP contribution in [-0.4, -0.2) is 40.0 Å². The summed E-state index contributed by atoms with van der Waals surface area (Å²) in [6, 6.07) is 6.91. The molecule has 3 fully saturated rings. The summed E-state index contributed by atoms with van der Waals surface area (Å²) in [5.74, 6) is 0.938. The third kappa shape index (κ3) is 5.72. The van der Waals surface area contributed by atoms with E-state index in [4.69, 9.17) is 16.6 Å². The molecule has 4 rings (SSSR count). The second kappa shape index (κ2) is 11.3. The van der Waals surface area contributed by atoms with E-state index in [1.54, 1.807) is 6.92 Å². The fraction of sp³-hybridized carbons (Fsp3) is 0.667. The van der Waals surface area contributed by atoms with Gasteiger partial charge in [0, 0.05) is 29.4 Å². The van der Waals surface area contributed by atoms with Gasteiger partial charge in [0.2, 0.25) is 5.91 Å². The van der Waals surface area contributed by atoms with E-state index in [-0.39, 0.29) is 24.5 Å². The van der Waals surface area contributed by atoms with Crippen LogP contribution in [0.1, 0.15) is 76.7 Å². The van der Waals surface area contributed by atoms with E-state index in [0.717, 1.165) is 17.0 Å². The molecule has 1 aromatic carbocycles. The van der Waals surface area contributed by atoms with Gasteiger partial charge < -0.3 is 4.90 Å². The van der Waals surface area contributed by atoms with Crippen LogP contribution in [0, 0.1) is 6.92 Å². The van der Waals surface area contributed by atoms with Gasteiger partial charge in [-0.05, 0) is 50.3 Å². The summed E-state index contributed by atoms with van der Waals surface area (Å²) in [5.41, 5.74) is 1.93. The van der Waals surface area contributed by atoms with Crippen molar-refractivity contribution in [3.05, 3.63) is 28.8 Å². The molecule has 2 aliphatic carbocycles. The first kappa shape index (κ1) is 24.7. The number of aliphatic imine (C=N–C) groups is 1. The molecule has 0 radical (unpaired) electrons. The molecule has 1 aromatic rings. The summed E-state index contributed by atoms with van der Waals surface area (Å²) in [6.45, 7) is 3.67. The number of nitrogens with zero attached hydrogens (tertiary/aromatic N) is 3. The molecule has 3 aliphatic rings. The van der Waals surface area contributed by atoms with E-state index < -0.39 is 0 Å². The van der Waals surface area contributed by atoms with Crippen molar-refractivity contribution in [2.45, 2.75) is 96.3 Å². The second-order valence-corrected chi connectivity index (χ2v) is 10.4. The van der Waals surface area contributed by atoms with Gasteiger partial charge in [0.25, 0.3) is 0 Å². The summed E-state index contributed by atoms with van der Waals surface area (Å²) < 4.78 is 0. The molecule has 0 N–H and O–H groups in total. The first-order valence-electron chi connectivity index (χ1n) is 11.6. The lowest BCUT2D eigenvalue weighted by molar-refractivity contribution is -0.117. The number of amides is 1. The normalized spacial score (nSPS) is 24.3. The van der Waals surface area contributed by atoms with Crippen LogP contribution >= 0.6 is 35.8 Å². The van der Waals surface area contributed by atoms with Gasteiger partial charge in [0.15, 0.2) is 5.17 Å². The highest BCUT2D eigenvalue weighted by Gasteiger charge is 2.41. The predicted molar refractivity (Wildman–Crippen MR) is 136 cm³/mol. The highest BCUT2D eigenvalue weighted by molar-refractivity contribution is 8.14. The van der Waals surface area contributed by atoms with E-state index >= 15 is 0 Å². The van der Waals surface area contributed by atoms with E-state index in [2.05, 4.69) is 4.90 Å². The Balaban J connectivity index is 0.00000272. The first-order chi connectivity index (χ1) is 14.5. The molecule has 31 heavy (non-hydrogen) atoms. The summed E-state index contributed by atoms with van der Waals surface area (Å²) in [4.78, 5) is 22.6. The largest absolute Gasteiger partial charge is 0.327 e. The van der Waals surface area contributed by atoms with Gasteiger partial charge in [-0.1, -0.05) is 68.0 Å². The number of thioether (sulfide) groups is 1. The van der Waals surface area contributed by atoms with Gasteiger partial charge in [0.1, 0.15) is 6.17 Å². The number of anilines is 1. The van der Waals surface area contributed by atoms with Crippen LogP contribution in [0.15, 0.2) is 23.2 Å². The molecular weight excluding hydrogens is 449 g/mol. The Bertz CT molecular complexity index is 791. The van der Waals surface area contributed by atoms with Gasteiger partial charge in [-0.15, -0.1) is 12.4 Å². The number of carbonyl (C=O) groups is 1. The maximum Gasteiger partial charge on any atom is 0.225 e. The number of halogens is 2. The van der Waals surface area contributed by atoms with E-state index in [0.29, 0.717) is 17.1 Å². The van der Waals surface area contributed by atoms with E-state index in [9.17, 15) is 4.79 Å². The van der Waals surface area contributed by atoms with Crippen LogP contribution in [0.4, 0.5) is 5.69 Å². The summed E-state index contributed by atoms with van der Waals surface area (Å²) in [7, 11) is 0. The van der Waals surface area contributed by atoms with Crippen LogP contribution in [0.5, 0.6) is 0 Å². The van der Waals surface area contributed by atoms with Gasteiger partial charge in [-0.2, -0.15) is 0 Å². The zero-order chi connectivity index (χ0) is 21.1. The molecule has 1 aliphatic heterocycles. The maximum absolute atomic E-state index is 12.9. The van der Waals surface area contributed by atoms with Gasteiger partial charge >= 0.3 is 0 Å². The fourth-order valence-electron chi connectivity index (χ4n) is 5.15. The highest BCUT2D eigenvalue weighted by Crippen LogP contribution is 2.37. The number of carbonyl (C=O) groups excluding carboxylic acids is 1. The van der Waals surface area contributed by atoms with Gasteiger partial charge in [0.05, 0.1) is 6.04 Å². The van der Waals surface area contributed by atoms with Crippen molar-refractivity contribution in [2.75, 3.05) is 10.7 Å². The molecule has 0 aromatic heterocycles. The number of amidine groups is 1. The number of rotatable bonds is 4. The smallest absolute Gasteiger partial charge is 0.225 e. The average Bonchev–Trinajstić information content (AvgIpc) is 3.15. The van der Waals surface area contributed by atoms with Crippen molar-refractivity contribution >= 4 is 52.5 Å². The molecule has 2 saturated carbocycles. The monoisotopic (exact) mass is 483 g/mol. The lowest BCUT2D eigenvalue weighted by Gasteiger charge is -2.41. The molecule has 7 heteroatoms. The highest BCUT2D eigenvalue weighted by atomic mass is 35.5. The van der Waals surface area contributed by atoms with Crippen LogP contribution in [0.3, 0.4) is 0 Å². The molecule has 1 heterocycles. The first-order valence-corrected chi connectivity index (χ1v) is 13.0. The van der Waals surface area contributed by atoms with Crippen molar-refractivity contribution in [1.82, 2.24) is 4.90 Å². The standard InChI is InChI=1S/C24H34ClN3OS.ClH/c1-17-13-14-21(15-22(17)25)27(18(2)29)23-16-30-24(26-19-9-5-3-6-10-19)28(23)20-11-7-4-8-12-20;/h13-15,19-20,23H,3-12,16H2,1-2H3;1H. The molecule has 1 atom stereocenters. The van der Waals surface area contributed by atoms with Gasteiger partial charge in [-0.25, -0.2) is 0 Å². The number of benzene rings is 1. The lowest BCUT2D eigenvalue weighted by atomic mass is 9.94. The minimum absolute atomic E-state index is 0. The van der Waals surface area contributed by atoms with Crippen LogP contribution < -0.4 is 4.90 Å². The zero-order valence-electron chi connectivity index (χ0n) is 18.7. The summed E-state index contributed by atoms with van der Waals surface area (Å²) in [5, 5.41) is 1.88. The van der Waals surface area contributed by atoms with E-state index in [1.165, 1.54) is 69.4 Å². The predicted octanol–water partition coefficient (Wildman–Crippen LogP) is 6.82. The molecule has 0 bridgehead atoms. The quantitative estimate of drug-likeness (QED) is 0.471. The molecule has 1 amide bonds. The Morgan fingerprint density at radius 3 is 2.35 bits per heavy atom. The summed E-state index contributed by atoms with van der Waals surface area (Å²) in [6.07, 6.45) is 12.6. The van der Waals surface area contributed by atoms with Crippen molar-refractivity contribution < 1.29 is 4.79 Å². The van der Waals surface area contributed by atoms with Crippen molar-refractivity contribution in [3.8, 4) is 0 Å². The fourth-order valence-corrected chi connectivity index (χ4v) is 6.58. The van der Waals surface area contributed by atoms with Crippen LogP contribution in [0.2, 0.25) is 5.02 Å². The third-order valence-electron chi connectivity index (χ3n) is 6.81. The molecule has 1 unspecified atom stereocenters. The average molecular weight is 485 g/mol. The minimum Gasteiger partial charge on any atom is -0.327 e. The molecule has 1 saturated heterocycles. The van der Waals surface area contributed by atoms with Crippen LogP contribution in [0.25, 0.3) is 0 Å². The Hall–Kier alpha value is -0.910. The Kier molecular flexibility index (Phi) is 9.01. The summed E-state index contributed by atoms with van der Waals surface area (Å²) >= 11 is 8.27. The maximum atomic E-state index is 12.9. The minimum atomic E-state index is 0. The topological polar surface area (TPSA) is 35.9 Å². The van der Waals surface area contributed by atoms with Gasteiger partial charge in [-0.3, -0.25) is 14.7 Å². The molecular formula is C24H35Cl2N3OS. The SMILES string of the molecule is CC(=O)N(c1ccc(C)c(Cl)c1)C1CSC(=NC2CCCCC2)N1C1CCCCC1.Cl. The second-order valence-electron chi connectivity index (χ2n) is 9.02. The molecule has 4 nitrogen and oxygen atoms in total. The Labute approximate surface area is 202 Å². The number of hydrogen-bond donors (Lipinski definition) is 0. The van der Waals surface area contributed by atoms with Crippen molar-refractivity contribution in [1.29, 1.82) is 0 Å². The number of hydrogen-bond acceptors (Lipinski definition) is 3. The zero-order valence-corrected chi connectivity index (χ0v) is 21.1. The Morgan fingerprint density at radius 1 is 1.10 bits per heavy atom. The molecule has 172 valence electrons. The Morgan fingerprint density at radius 2 is 1.74 bits per heavy atom. The lowest BCUT2D eigenvalue weighted by Crippen LogP contribution is -2.54. The van der Waals surface area contributed by atoms with E-state index in [1.807, 2.05) is 41.8 Å². The number of aryl methyl sites for hydroxylation is 1.